The zero-order valence-electron chi connectivity index (χ0n) is 13.0. The van der Waals surface area contributed by atoms with E-state index in [1.54, 1.807) is 12.1 Å². The number of hydrogen-bond acceptors (Lipinski definition) is 3. The van der Waals surface area contributed by atoms with Gasteiger partial charge in [-0.25, -0.2) is 4.39 Å². The van der Waals surface area contributed by atoms with Crippen LogP contribution in [-0.2, 0) is 11.2 Å². The number of halogens is 1. The quantitative estimate of drug-likeness (QED) is 0.849. The van der Waals surface area contributed by atoms with E-state index in [4.69, 9.17) is 4.74 Å². The minimum absolute atomic E-state index is 0.126. The van der Waals surface area contributed by atoms with E-state index in [0.717, 1.165) is 24.8 Å². The molecular weight excluding hydrogens is 285 g/mol. The van der Waals surface area contributed by atoms with E-state index in [1.165, 1.54) is 13.2 Å². The summed E-state index contributed by atoms with van der Waals surface area (Å²) in [5.74, 6) is -0.311. The molecule has 0 saturated heterocycles. The maximum absolute atomic E-state index is 13.3. The van der Waals surface area contributed by atoms with Gasteiger partial charge in [0.15, 0.2) is 11.6 Å². The predicted octanol–water partition coefficient (Wildman–Crippen LogP) is 2.58. The fourth-order valence-corrected chi connectivity index (χ4v) is 2.95. The Morgan fingerprint density at radius 3 is 2.77 bits per heavy atom. The molecule has 0 unspecified atom stereocenters. The Labute approximate surface area is 130 Å². The molecule has 1 saturated carbocycles. The molecule has 1 aliphatic carbocycles. The van der Waals surface area contributed by atoms with Crippen molar-refractivity contribution in [2.24, 2.45) is 0 Å². The minimum atomic E-state index is -0.832. The summed E-state index contributed by atoms with van der Waals surface area (Å²) >= 11 is 0. The maximum Gasteiger partial charge on any atom is 0.222 e. The second-order valence-corrected chi connectivity index (χ2v) is 6.03. The van der Waals surface area contributed by atoms with Crippen molar-refractivity contribution in [2.75, 3.05) is 13.7 Å². The van der Waals surface area contributed by atoms with E-state index in [1.807, 2.05) is 0 Å². The lowest BCUT2D eigenvalue weighted by Crippen LogP contribution is -2.38. The third-order valence-corrected chi connectivity index (χ3v) is 4.23. The fraction of sp³-hybridized carbons (Fsp3) is 0.588. The van der Waals surface area contributed by atoms with Crippen molar-refractivity contribution < 1.29 is 19.0 Å². The van der Waals surface area contributed by atoms with Gasteiger partial charge in [-0.15, -0.1) is 0 Å². The summed E-state index contributed by atoms with van der Waals surface area (Å²) in [6, 6.07) is 4.68. The Bertz CT molecular complexity index is 513. The predicted molar refractivity (Wildman–Crippen MR) is 82.3 cm³/mol. The van der Waals surface area contributed by atoms with Gasteiger partial charge in [0.25, 0.3) is 0 Å². The highest BCUT2D eigenvalue weighted by molar-refractivity contribution is 5.77. The monoisotopic (exact) mass is 309 g/mol. The molecule has 0 atom stereocenters. The second kappa shape index (κ2) is 7.58. The third-order valence-electron chi connectivity index (χ3n) is 4.23. The summed E-state index contributed by atoms with van der Waals surface area (Å²) in [6.45, 7) is 0.462. The maximum atomic E-state index is 13.3. The van der Waals surface area contributed by atoms with Crippen molar-refractivity contribution in [1.82, 2.24) is 5.32 Å². The molecule has 0 bridgehead atoms. The van der Waals surface area contributed by atoms with Crippen LogP contribution in [0, 0.1) is 5.82 Å². The first-order chi connectivity index (χ1) is 10.5. The molecule has 1 amide bonds. The highest BCUT2D eigenvalue weighted by Gasteiger charge is 2.31. The number of aliphatic hydroxyl groups is 1. The van der Waals surface area contributed by atoms with Crippen molar-refractivity contribution in [2.45, 2.75) is 50.5 Å². The lowest BCUT2D eigenvalue weighted by atomic mass is 9.82. The normalized spacial score (nSPS) is 17.0. The molecule has 1 aromatic carbocycles. The van der Waals surface area contributed by atoms with Gasteiger partial charge < -0.3 is 15.2 Å². The van der Waals surface area contributed by atoms with Crippen LogP contribution in [-0.4, -0.2) is 30.3 Å². The first-order valence-corrected chi connectivity index (χ1v) is 7.84. The summed E-state index contributed by atoms with van der Waals surface area (Å²) < 4.78 is 18.2. The average Bonchev–Trinajstić information content (AvgIpc) is 2.49. The summed E-state index contributed by atoms with van der Waals surface area (Å²) in [6.07, 6.45) is 5.28. The Kier molecular flexibility index (Phi) is 5.77. The lowest BCUT2D eigenvalue weighted by Gasteiger charge is -2.31. The number of rotatable bonds is 6. The van der Waals surface area contributed by atoms with Crippen molar-refractivity contribution >= 4 is 5.91 Å². The van der Waals surface area contributed by atoms with Crippen LogP contribution in [0.15, 0.2) is 18.2 Å². The van der Waals surface area contributed by atoms with Crippen molar-refractivity contribution in [1.29, 1.82) is 0 Å². The molecule has 1 aliphatic rings. The van der Waals surface area contributed by atoms with Crippen molar-refractivity contribution in [3.05, 3.63) is 29.6 Å². The summed E-state index contributed by atoms with van der Waals surface area (Å²) in [7, 11) is 1.43. The van der Waals surface area contributed by atoms with E-state index >= 15 is 0 Å². The molecule has 1 fully saturated rings. The first-order valence-electron chi connectivity index (χ1n) is 7.84. The van der Waals surface area contributed by atoms with Crippen molar-refractivity contribution in [3.63, 3.8) is 0 Å². The Hall–Kier alpha value is -1.62. The van der Waals surface area contributed by atoms with E-state index in [9.17, 15) is 14.3 Å². The topological polar surface area (TPSA) is 58.6 Å². The van der Waals surface area contributed by atoms with Crippen LogP contribution in [0.2, 0.25) is 0 Å². The van der Waals surface area contributed by atoms with E-state index < -0.39 is 11.4 Å². The van der Waals surface area contributed by atoms with Crippen molar-refractivity contribution in [3.8, 4) is 5.75 Å². The first kappa shape index (κ1) is 16.7. The average molecular weight is 309 g/mol. The van der Waals surface area contributed by atoms with Crippen LogP contribution >= 0.6 is 0 Å². The SMILES string of the molecule is COc1cc(CCNC(=O)CC2(O)CCCCC2)ccc1F. The van der Waals surface area contributed by atoms with Crippen LogP contribution in [0.1, 0.15) is 44.1 Å². The van der Waals surface area contributed by atoms with Gasteiger partial charge in [0, 0.05) is 6.54 Å². The number of carbonyl (C=O) groups excluding carboxylic acids is 1. The molecule has 22 heavy (non-hydrogen) atoms. The van der Waals surface area contributed by atoms with Crippen LogP contribution in [0.5, 0.6) is 5.75 Å². The molecule has 122 valence electrons. The van der Waals surface area contributed by atoms with Crippen LogP contribution in [0.4, 0.5) is 4.39 Å². The van der Waals surface area contributed by atoms with E-state index in [0.29, 0.717) is 25.8 Å². The highest BCUT2D eigenvalue weighted by atomic mass is 19.1. The van der Waals surface area contributed by atoms with Crippen LogP contribution in [0.25, 0.3) is 0 Å². The Morgan fingerprint density at radius 1 is 1.36 bits per heavy atom. The molecule has 4 nitrogen and oxygen atoms in total. The molecule has 0 heterocycles. The minimum Gasteiger partial charge on any atom is -0.494 e. The van der Waals surface area contributed by atoms with E-state index in [-0.39, 0.29) is 18.1 Å². The van der Waals surface area contributed by atoms with Gasteiger partial charge in [-0.05, 0) is 37.0 Å². The number of carbonyl (C=O) groups is 1. The largest absolute Gasteiger partial charge is 0.494 e. The standard InChI is InChI=1S/C17H24FNO3/c1-22-15-11-13(5-6-14(15)18)7-10-19-16(20)12-17(21)8-3-2-4-9-17/h5-6,11,21H,2-4,7-10,12H2,1H3,(H,19,20). The van der Waals surface area contributed by atoms with Crippen LogP contribution in [0.3, 0.4) is 0 Å². The molecule has 5 heteroatoms. The van der Waals surface area contributed by atoms with Gasteiger partial charge in [-0.2, -0.15) is 0 Å². The van der Waals surface area contributed by atoms with Gasteiger partial charge >= 0.3 is 0 Å². The zero-order chi connectivity index (χ0) is 16.0. The number of benzene rings is 1. The number of ether oxygens (including phenoxy) is 1. The van der Waals surface area contributed by atoms with Crippen LogP contribution < -0.4 is 10.1 Å². The highest BCUT2D eigenvalue weighted by Crippen LogP contribution is 2.30. The molecular formula is C17H24FNO3. The third kappa shape index (κ3) is 4.70. The Balaban J connectivity index is 1.77. The molecule has 2 N–H and O–H groups in total. The number of hydrogen-bond donors (Lipinski definition) is 2. The van der Waals surface area contributed by atoms with Gasteiger partial charge in [-0.3, -0.25) is 4.79 Å². The van der Waals surface area contributed by atoms with Gasteiger partial charge in [0.1, 0.15) is 0 Å². The van der Waals surface area contributed by atoms with Gasteiger partial charge in [-0.1, -0.05) is 25.3 Å². The summed E-state index contributed by atoms with van der Waals surface area (Å²) in [4.78, 5) is 11.9. The molecule has 1 aromatic rings. The molecule has 0 radical (unpaired) electrons. The molecule has 0 spiro atoms. The number of amides is 1. The number of nitrogens with one attached hydrogen (secondary N) is 1. The molecule has 2 rings (SSSR count). The Morgan fingerprint density at radius 2 is 2.09 bits per heavy atom. The molecule has 0 aromatic heterocycles. The fourth-order valence-electron chi connectivity index (χ4n) is 2.95. The lowest BCUT2D eigenvalue weighted by molar-refractivity contribution is -0.127. The molecule has 0 aliphatic heterocycles. The van der Waals surface area contributed by atoms with Gasteiger partial charge in [0.2, 0.25) is 5.91 Å². The number of methoxy groups -OCH3 is 1. The smallest absolute Gasteiger partial charge is 0.222 e. The summed E-state index contributed by atoms with van der Waals surface area (Å²) in [5.41, 5.74) is 0.0662. The second-order valence-electron chi connectivity index (χ2n) is 6.03. The summed E-state index contributed by atoms with van der Waals surface area (Å²) in [5, 5.41) is 13.2. The van der Waals surface area contributed by atoms with Gasteiger partial charge in [0.05, 0.1) is 19.1 Å². The zero-order valence-corrected chi connectivity index (χ0v) is 13.0. The van der Waals surface area contributed by atoms with E-state index in [2.05, 4.69) is 5.32 Å².